The number of rotatable bonds is 6. The van der Waals surface area contributed by atoms with Gasteiger partial charge in [-0.2, -0.15) is 0 Å². The van der Waals surface area contributed by atoms with Crippen LogP contribution in [0, 0.1) is 0 Å². The molecule has 3 rings (SSSR count). The Morgan fingerprint density at radius 3 is 2.61 bits per heavy atom. The maximum Gasteiger partial charge on any atom is 0.171 e. The van der Waals surface area contributed by atoms with Crippen molar-refractivity contribution < 1.29 is 0 Å². The average molecular weight is 431 g/mol. The predicted octanol–water partition coefficient (Wildman–Crippen LogP) is 5.51. The normalized spacial score (nSPS) is 10.4. The van der Waals surface area contributed by atoms with E-state index in [-0.39, 0.29) is 0 Å². The summed E-state index contributed by atoms with van der Waals surface area (Å²) in [6.07, 6.45) is 1.79. The number of hydrogen-bond donors (Lipinski definition) is 2. The van der Waals surface area contributed by atoms with Crippen molar-refractivity contribution in [3.63, 3.8) is 0 Å². The molecular weight excluding hydrogens is 411 g/mol. The summed E-state index contributed by atoms with van der Waals surface area (Å²) in [4.78, 5) is 6.67. The first-order valence-corrected chi connectivity index (χ1v) is 9.89. The molecule has 1 heterocycles. The number of thiocarbonyl (C=S) groups is 1. The summed E-state index contributed by atoms with van der Waals surface area (Å²) in [6, 6.07) is 19.6. The Morgan fingerprint density at radius 2 is 1.82 bits per heavy atom. The van der Waals surface area contributed by atoms with E-state index in [2.05, 4.69) is 32.7 Å². The van der Waals surface area contributed by atoms with Crippen LogP contribution in [0.5, 0.6) is 0 Å². The molecular formula is C21H20Cl2N4S. The van der Waals surface area contributed by atoms with Gasteiger partial charge in [0.1, 0.15) is 5.82 Å². The van der Waals surface area contributed by atoms with Crippen LogP contribution in [0.2, 0.25) is 10.0 Å². The highest BCUT2D eigenvalue weighted by atomic mass is 35.5. The zero-order valence-electron chi connectivity index (χ0n) is 15.3. The summed E-state index contributed by atoms with van der Waals surface area (Å²) >= 11 is 17.6. The Hall–Kier alpha value is -2.34. The highest BCUT2D eigenvalue weighted by Crippen LogP contribution is 2.29. The lowest BCUT2D eigenvalue weighted by Crippen LogP contribution is -2.29. The summed E-state index contributed by atoms with van der Waals surface area (Å²) in [7, 11) is 2.03. The molecule has 0 radical (unpaired) electrons. The molecule has 2 N–H and O–H groups in total. The average Bonchev–Trinajstić information content (AvgIpc) is 2.71. The lowest BCUT2D eigenvalue weighted by Gasteiger charge is -2.22. The summed E-state index contributed by atoms with van der Waals surface area (Å²) < 4.78 is 0. The second-order valence-corrected chi connectivity index (χ2v) is 7.43. The molecule has 0 aliphatic heterocycles. The Morgan fingerprint density at radius 1 is 1.04 bits per heavy atom. The van der Waals surface area contributed by atoms with Crippen molar-refractivity contribution >= 4 is 52.0 Å². The number of aromatic nitrogens is 1. The summed E-state index contributed by atoms with van der Waals surface area (Å²) in [5.41, 5.74) is 2.93. The Bertz CT molecular complexity index is 950. The third kappa shape index (κ3) is 5.35. The Kier molecular flexibility index (Phi) is 7.09. The molecule has 1 aromatic heterocycles. The third-order valence-corrected chi connectivity index (χ3v) is 5.20. The Labute approximate surface area is 180 Å². The molecule has 0 aliphatic carbocycles. The standard InChI is InChI=1S/C21H20Cl2N4S/c1-27(14-15-7-3-2-4-8-15)20-16(9-6-12-24-20)13-25-21(28)26-18-11-5-10-17(22)19(18)23/h2-12H,13-14H2,1H3,(H2,25,26,28). The van der Waals surface area contributed by atoms with Gasteiger partial charge in [0.25, 0.3) is 0 Å². The first-order valence-electron chi connectivity index (χ1n) is 8.72. The van der Waals surface area contributed by atoms with Gasteiger partial charge in [-0.1, -0.05) is 65.7 Å². The van der Waals surface area contributed by atoms with E-state index < -0.39 is 0 Å². The number of hydrogen-bond acceptors (Lipinski definition) is 3. The van der Waals surface area contributed by atoms with Gasteiger partial charge in [-0.15, -0.1) is 0 Å². The molecule has 0 saturated carbocycles. The predicted molar refractivity (Wildman–Crippen MR) is 122 cm³/mol. The molecule has 0 amide bonds. The van der Waals surface area contributed by atoms with Gasteiger partial charge in [0.2, 0.25) is 0 Å². The van der Waals surface area contributed by atoms with Crippen molar-refractivity contribution in [1.82, 2.24) is 10.3 Å². The highest BCUT2D eigenvalue weighted by Gasteiger charge is 2.11. The minimum atomic E-state index is 0.443. The molecule has 0 fully saturated rings. The van der Waals surface area contributed by atoms with E-state index in [9.17, 15) is 0 Å². The highest BCUT2D eigenvalue weighted by molar-refractivity contribution is 7.80. The van der Waals surface area contributed by atoms with Gasteiger partial charge in [0.15, 0.2) is 5.11 Å². The van der Waals surface area contributed by atoms with Gasteiger partial charge in [0, 0.05) is 31.9 Å². The number of nitrogens with zero attached hydrogens (tertiary/aromatic N) is 2. The fourth-order valence-electron chi connectivity index (χ4n) is 2.79. The number of nitrogens with one attached hydrogen (secondary N) is 2. The Balaban J connectivity index is 1.64. The van der Waals surface area contributed by atoms with Crippen LogP contribution in [0.4, 0.5) is 11.5 Å². The zero-order valence-corrected chi connectivity index (χ0v) is 17.7. The second kappa shape index (κ2) is 9.73. The number of anilines is 2. The van der Waals surface area contributed by atoms with Gasteiger partial charge < -0.3 is 15.5 Å². The third-order valence-electron chi connectivity index (χ3n) is 4.13. The van der Waals surface area contributed by atoms with Crippen LogP contribution in [0.1, 0.15) is 11.1 Å². The fraction of sp³-hybridized carbons (Fsp3) is 0.143. The van der Waals surface area contributed by atoms with Crippen LogP contribution in [-0.2, 0) is 13.1 Å². The van der Waals surface area contributed by atoms with E-state index in [1.807, 2.05) is 49.5 Å². The number of halogens is 2. The van der Waals surface area contributed by atoms with Crippen LogP contribution in [0.3, 0.4) is 0 Å². The quantitative estimate of drug-likeness (QED) is 0.504. The van der Waals surface area contributed by atoms with Crippen LogP contribution >= 0.6 is 35.4 Å². The van der Waals surface area contributed by atoms with E-state index >= 15 is 0 Å². The van der Waals surface area contributed by atoms with E-state index in [4.69, 9.17) is 35.4 Å². The zero-order chi connectivity index (χ0) is 19.9. The van der Waals surface area contributed by atoms with Gasteiger partial charge in [-0.25, -0.2) is 4.98 Å². The molecule has 0 unspecified atom stereocenters. The van der Waals surface area contributed by atoms with Crippen molar-refractivity contribution in [2.24, 2.45) is 0 Å². The van der Waals surface area contributed by atoms with Crippen molar-refractivity contribution in [3.05, 3.63) is 88.0 Å². The molecule has 0 bridgehead atoms. The topological polar surface area (TPSA) is 40.2 Å². The van der Waals surface area contributed by atoms with E-state index in [1.54, 1.807) is 12.3 Å². The van der Waals surface area contributed by atoms with Crippen LogP contribution in [-0.4, -0.2) is 17.1 Å². The largest absolute Gasteiger partial charge is 0.358 e. The van der Waals surface area contributed by atoms with E-state index in [0.29, 0.717) is 27.4 Å². The lowest BCUT2D eigenvalue weighted by atomic mass is 10.2. The van der Waals surface area contributed by atoms with Crippen LogP contribution in [0.15, 0.2) is 66.9 Å². The molecule has 3 aromatic rings. The monoisotopic (exact) mass is 430 g/mol. The molecule has 7 heteroatoms. The van der Waals surface area contributed by atoms with Gasteiger partial charge >= 0.3 is 0 Å². The maximum atomic E-state index is 6.20. The molecule has 4 nitrogen and oxygen atoms in total. The minimum Gasteiger partial charge on any atom is -0.358 e. The molecule has 0 spiro atoms. The molecule has 0 saturated heterocycles. The summed E-state index contributed by atoms with van der Waals surface area (Å²) in [6.45, 7) is 1.30. The summed E-state index contributed by atoms with van der Waals surface area (Å²) in [5.74, 6) is 0.905. The first-order chi connectivity index (χ1) is 13.5. The smallest absolute Gasteiger partial charge is 0.171 e. The minimum absolute atomic E-state index is 0.443. The number of benzene rings is 2. The molecule has 0 aliphatic rings. The van der Waals surface area contributed by atoms with Gasteiger partial charge in [-0.3, -0.25) is 0 Å². The van der Waals surface area contributed by atoms with Crippen LogP contribution in [0.25, 0.3) is 0 Å². The first kappa shape index (κ1) is 20.4. The van der Waals surface area contributed by atoms with E-state index in [1.165, 1.54) is 5.56 Å². The maximum absolute atomic E-state index is 6.20. The fourth-order valence-corrected chi connectivity index (χ4v) is 3.32. The van der Waals surface area contributed by atoms with Crippen molar-refractivity contribution in [1.29, 1.82) is 0 Å². The molecule has 0 atom stereocenters. The van der Waals surface area contributed by atoms with Gasteiger partial charge in [-0.05, 0) is 36.0 Å². The molecule has 144 valence electrons. The van der Waals surface area contributed by atoms with Crippen molar-refractivity contribution in [2.45, 2.75) is 13.1 Å². The molecule has 28 heavy (non-hydrogen) atoms. The SMILES string of the molecule is CN(Cc1ccccc1)c1ncccc1CNC(=S)Nc1cccc(Cl)c1Cl. The van der Waals surface area contributed by atoms with Crippen LogP contribution < -0.4 is 15.5 Å². The second-order valence-electron chi connectivity index (χ2n) is 6.24. The summed E-state index contributed by atoms with van der Waals surface area (Å²) in [5, 5.41) is 7.67. The van der Waals surface area contributed by atoms with Crippen molar-refractivity contribution in [2.75, 3.05) is 17.3 Å². The van der Waals surface area contributed by atoms with Crippen molar-refractivity contribution in [3.8, 4) is 0 Å². The van der Waals surface area contributed by atoms with Gasteiger partial charge in [0.05, 0.1) is 15.7 Å². The lowest BCUT2D eigenvalue weighted by molar-refractivity contribution is 0.852. The number of pyridine rings is 1. The van der Waals surface area contributed by atoms with E-state index in [0.717, 1.165) is 17.9 Å². The molecule has 2 aromatic carbocycles.